The SMILES string of the molecule is CC[C@@H](NC(=O)NCc1scnc1C)C(=O)O. The molecular weight excluding hydrogens is 242 g/mol. The molecule has 94 valence electrons. The number of urea groups is 1. The molecule has 1 atom stereocenters. The van der Waals surface area contributed by atoms with E-state index in [4.69, 9.17) is 5.11 Å². The van der Waals surface area contributed by atoms with E-state index in [1.807, 2.05) is 6.92 Å². The van der Waals surface area contributed by atoms with Crippen molar-refractivity contribution in [3.8, 4) is 0 Å². The number of carboxylic acids is 1. The summed E-state index contributed by atoms with van der Waals surface area (Å²) < 4.78 is 0. The van der Waals surface area contributed by atoms with E-state index in [1.54, 1.807) is 12.4 Å². The van der Waals surface area contributed by atoms with E-state index in [2.05, 4.69) is 15.6 Å². The number of nitrogens with zero attached hydrogens (tertiary/aromatic N) is 1. The van der Waals surface area contributed by atoms with Gasteiger partial charge in [0, 0.05) is 4.88 Å². The summed E-state index contributed by atoms with van der Waals surface area (Å²) >= 11 is 1.45. The first kappa shape index (κ1) is 13.4. The van der Waals surface area contributed by atoms with Crippen LogP contribution < -0.4 is 10.6 Å². The van der Waals surface area contributed by atoms with Crippen LogP contribution in [0.15, 0.2) is 5.51 Å². The molecule has 0 aliphatic carbocycles. The first-order chi connectivity index (χ1) is 8.04. The third kappa shape index (κ3) is 4.03. The number of amides is 2. The van der Waals surface area contributed by atoms with Crippen LogP contribution in [-0.2, 0) is 11.3 Å². The highest BCUT2D eigenvalue weighted by Crippen LogP contribution is 2.10. The number of aliphatic carboxylic acids is 1. The summed E-state index contributed by atoms with van der Waals surface area (Å²) in [6.07, 6.45) is 0.350. The Kier molecular flexibility index (Phi) is 4.89. The van der Waals surface area contributed by atoms with Gasteiger partial charge in [-0.3, -0.25) is 0 Å². The van der Waals surface area contributed by atoms with Gasteiger partial charge in [-0.2, -0.15) is 0 Å². The summed E-state index contributed by atoms with van der Waals surface area (Å²) in [5.74, 6) is -1.03. The topological polar surface area (TPSA) is 91.3 Å². The second-order valence-corrected chi connectivity index (χ2v) is 4.43. The highest BCUT2D eigenvalue weighted by Gasteiger charge is 2.17. The van der Waals surface area contributed by atoms with Gasteiger partial charge in [-0.25, -0.2) is 14.6 Å². The van der Waals surface area contributed by atoms with E-state index < -0.39 is 18.0 Å². The second kappa shape index (κ2) is 6.19. The van der Waals surface area contributed by atoms with Crippen LogP contribution in [-0.4, -0.2) is 28.1 Å². The van der Waals surface area contributed by atoms with Gasteiger partial charge in [0.2, 0.25) is 0 Å². The van der Waals surface area contributed by atoms with Crippen molar-refractivity contribution in [1.29, 1.82) is 0 Å². The minimum absolute atomic E-state index is 0.350. The molecule has 0 aliphatic heterocycles. The Labute approximate surface area is 103 Å². The lowest BCUT2D eigenvalue weighted by Crippen LogP contribution is -2.45. The standard InChI is InChI=1S/C10H15N3O3S/c1-3-7(9(14)15)13-10(16)11-4-8-6(2)12-5-17-8/h5,7H,3-4H2,1-2H3,(H,14,15)(H2,11,13,16)/t7-/m1/s1. The largest absolute Gasteiger partial charge is 0.480 e. The monoisotopic (exact) mass is 257 g/mol. The fraction of sp³-hybridized carbons (Fsp3) is 0.500. The lowest BCUT2D eigenvalue weighted by molar-refractivity contribution is -0.139. The van der Waals surface area contributed by atoms with Crippen LogP contribution in [0.3, 0.4) is 0 Å². The maximum atomic E-state index is 11.4. The zero-order chi connectivity index (χ0) is 12.8. The molecule has 7 heteroatoms. The number of carbonyl (C=O) groups excluding carboxylic acids is 1. The molecule has 0 saturated carbocycles. The molecule has 0 aliphatic rings. The summed E-state index contributed by atoms with van der Waals surface area (Å²) in [4.78, 5) is 27.1. The Morgan fingerprint density at radius 2 is 2.29 bits per heavy atom. The number of aromatic nitrogens is 1. The number of hydrogen-bond donors (Lipinski definition) is 3. The number of hydrogen-bond acceptors (Lipinski definition) is 4. The van der Waals surface area contributed by atoms with Gasteiger partial charge in [0.1, 0.15) is 6.04 Å². The Morgan fingerprint density at radius 1 is 1.59 bits per heavy atom. The number of nitrogens with one attached hydrogen (secondary N) is 2. The van der Waals surface area contributed by atoms with Gasteiger partial charge in [-0.15, -0.1) is 11.3 Å². The van der Waals surface area contributed by atoms with E-state index in [-0.39, 0.29) is 0 Å². The van der Waals surface area contributed by atoms with Crippen LogP contribution in [0.5, 0.6) is 0 Å². The fourth-order valence-electron chi connectivity index (χ4n) is 1.20. The smallest absolute Gasteiger partial charge is 0.326 e. The highest BCUT2D eigenvalue weighted by atomic mass is 32.1. The summed E-state index contributed by atoms with van der Waals surface area (Å²) in [5, 5.41) is 13.8. The van der Waals surface area contributed by atoms with Crippen LogP contribution in [0.4, 0.5) is 4.79 Å². The first-order valence-electron chi connectivity index (χ1n) is 5.20. The zero-order valence-electron chi connectivity index (χ0n) is 9.69. The van der Waals surface area contributed by atoms with Crippen LogP contribution in [0.1, 0.15) is 23.9 Å². The van der Waals surface area contributed by atoms with Gasteiger partial charge in [0.15, 0.2) is 0 Å². The molecule has 3 N–H and O–H groups in total. The second-order valence-electron chi connectivity index (χ2n) is 3.49. The molecule has 1 heterocycles. The minimum atomic E-state index is -1.03. The van der Waals surface area contributed by atoms with Gasteiger partial charge in [-0.1, -0.05) is 6.92 Å². The molecule has 2 amide bonds. The Bertz CT molecular complexity index is 405. The maximum Gasteiger partial charge on any atom is 0.326 e. The average molecular weight is 257 g/mol. The third-order valence-corrected chi connectivity index (χ3v) is 3.20. The summed E-state index contributed by atoms with van der Waals surface area (Å²) in [6, 6.07) is -1.33. The van der Waals surface area contributed by atoms with Gasteiger partial charge in [0.25, 0.3) is 0 Å². The molecule has 0 unspecified atom stereocenters. The van der Waals surface area contributed by atoms with Crippen molar-refractivity contribution in [3.63, 3.8) is 0 Å². The summed E-state index contributed by atoms with van der Waals surface area (Å²) in [7, 11) is 0. The first-order valence-corrected chi connectivity index (χ1v) is 6.08. The van der Waals surface area contributed by atoms with Gasteiger partial charge in [0.05, 0.1) is 17.7 Å². The number of thiazole rings is 1. The molecule has 0 aromatic carbocycles. The number of aryl methyl sites for hydroxylation is 1. The molecule has 1 aromatic rings. The molecule has 0 radical (unpaired) electrons. The normalized spacial score (nSPS) is 11.9. The quantitative estimate of drug-likeness (QED) is 0.737. The van der Waals surface area contributed by atoms with Gasteiger partial charge >= 0.3 is 12.0 Å². The Balaban J connectivity index is 2.40. The summed E-state index contributed by atoms with van der Waals surface area (Å²) in [6.45, 7) is 3.92. The van der Waals surface area contributed by atoms with Crippen molar-refractivity contribution in [3.05, 3.63) is 16.1 Å². The van der Waals surface area contributed by atoms with Crippen LogP contribution in [0.2, 0.25) is 0 Å². The molecule has 1 rings (SSSR count). The zero-order valence-corrected chi connectivity index (χ0v) is 10.5. The molecule has 0 fully saturated rings. The number of carbonyl (C=O) groups is 2. The molecule has 0 saturated heterocycles. The Morgan fingerprint density at radius 3 is 2.76 bits per heavy atom. The van der Waals surface area contributed by atoms with Crippen molar-refractivity contribution < 1.29 is 14.7 Å². The number of rotatable bonds is 5. The summed E-state index contributed by atoms with van der Waals surface area (Å²) in [5.41, 5.74) is 2.58. The van der Waals surface area contributed by atoms with Crippen LogP contribution >= 0.6 is 11.3 Å². The van der Waals surface area contributed by atoms with Crippen LogP contribution in [0.25, 0.3) is 0 Å². The van der Waals surface area contributed by atoms with Crippen molar-refractivity contribution in [2.45, 2.75) is 32.9 Å². The molecule has 1 aromatic heterocycles. The number of carboxylic acid groups (broad SMARTS) is 1. The van der Waals surface area contributed by atoms with E-state index in [1.165, 1.54) is 11.3 Å². The molecule has 17 heavy (non-hydrogen) atoms. The molecule has 0 bridgehead atoms. The molecular formula is C10H15N3O3S. The predicted molar refractivity (Wildman–Crippen MR) is 63.9 cm³/mol. The van der Waals surface area contributed by atoms with Crippen LogP contribution in [0, 0.1) is 6.92 Å². The van der Waals surface area contributed by atoms with E-state index >= 15 is 0 Å². The van der Waals surface area contributed by atoms with E-state index in [0.717, 1.165) is 10.6 Å². The lowest BCUT2D eigenvalue weighted by Gasteiger charge is -2.12. The van der Waals surface area contributed by atoms with Crippen molar-refractivity contribution >= 4 is 23.3 Å². The average Bonchev–Trinajstić information content (AvgIpc) is 2.68. The minimum Gasteiger partial charge on any atom is -0.480 e. The van der Waals surface area contributed by atoms with E-state index in [0.29, 0.717) is 13.0 Å². The van der Waals surface area contributed by atoms with Gasteiger partial charge < -0.3 is 15.7 Å². The van der Waals surface area contributed by atoms with Crippen molar-refractivity contribution in [2.24, 2.45) is 0 Å². The lowest BCUT2D eigenvalue weighted by atomic mass is 10.2. The Hall–Kier alpha value is -1.63. The highest BCUT2D eigenvalue weighted by molar-refractivity contribution is 7.09. The van der Waals surface area contributed by atoms with Crippen molar-refractivity contribution in [1.82, 2.24) is 15.6 Å². The maximum absolute atomic E-state index is 11.4. The van der Waals surface area contributed by atoms with Gasteiger partial charge in [-0.05, 0) is 13.3 Å². The van der Waals surface area contributed by atoms with E-state index in [9.17, 15) is 9.59 Å². The third-order valence-electron chi connectivity index (χ3n) is 2.27. The van der Waals surface area contributed by atoms with Crippen molar-refractivity contribution in [2.75, 3.05) is 0 Å². The predicted octanol–water partition coefficient (Wildman–Crippen LogP) is 1.11. The fourth-order valence-corrected chi connectivity index (χ4v) is 1.92. The molecule has 0 spiro atoms. The molecule has 6 nitrogen and oxygen atoms in total.